The second-order valence-corrected chi connectivity index (χ2v) is 8.26. The predicted molar refractivity (Wildman–Crippen MR) is 98.9 cm³/mol. The van der Waals surface area contributed by atoms with Crippen molar-refractivity contribution in [2.45, 2.75) is 41.3 Å². The van der Waals surface area contributed by atoms with Gasteiger partial charge in [-0.05, 0) is 24.3 Å². The number of nitrogens with zero attached hydrogens (tertiary/aromatic N) is 5. The fraction of sp³-hybridized carbons (Fsp3) is 0.294. The molecule has 0 N–H and O–H groups in total. The first kappa shape index (κ1) is 19.7. The highest BCUT2D eigenvalue weighted by Crippen LogP contribution is 2.33. The van der Waals surface area contributed by atoms with Crippen LogP contribution in [0.4, 0.5) is 13.2 Å². The van der Waals surface area contributed by atoms with Gasteiger partial charge in [-0.1, -0.05) is 43.4 Å². The Balaban J connectivity index is 1.97. The zero-order valence-corrected chi connectivity index (χ0v) is 16.1. The summed E-state index contributed by atoms with van der Waals surface area (Å²) in [5.41, 5.74) is -0.332. The van der Waals surface area contributed by atoms with Gasteiger partial charge in [0.1, 0.15) is 5.82 Å². The van der Waals surface area contributed by atoms with E-state index in [-0.39, 0.29) is 5.25 Å². The molecule has 1 aromatic carbocycles. The number of hydrogen-bond donors (Lipinski definition) is 0. The molecular weight excluding hydrogens is 395 g/mol. The Labute approximate surface area is 162 Å². The van der Waals surface area contributed by atoms with E-state index in [9.17, 15) is 13.2 Å². The third kappa shape index (κ3) is 5.01. The molecule has 27 heavy (non-hydrogen) atoms. The van der Waals surface area contributed by atoms with E-state index in [2.05, 4.69) is 20.2 Å². The zero-order chi connectivity index (χ0) is 19.4. The molecule has 2 heterocycles. The molecule has 5 nitrogen and oxygen atoms in total. The lowest BCUT2D eigenvalue weighted by Gasteiger charge is -2.13. The quantitative estimate of drug-likeness (QED) is 0.426. The minimum absolute atomic E-state index is 0.205. The molecule has 0 radical (unpaired) electrons. The summed E-state index contributed by atoms with van der Waals surface area (Å²) in [4.78, 5) is 8.28. The van der Waals surface area contributed by atoms with E-state index in [1.54, 1.807) is 29.1 Å². The highest BCUT2D eigenvalue weighted by atomic mass is 32.2. The lowest BCUT2D eigenvalue weighted by molar-refractivity contribution is -0.137. The number of alkyl halides is 3. The van der Waals surface area contributed by atoms with Crippen molar-refractivity contribution in [2.75, 3.05) is 0 Å². The highest BCUT2D eigenvalue weighted by Gasteiger charge is 2.31. The monoisotopic (exact) mass is 411 g/mol. The topological polar surface area (TPSA) is 56.5 Å². The molecule has 0 bridgehead atoms. The van der Waals surface area contributed by atoms with E-state index < -0.39 is 11.7 Å². The van der Waals surface area contributed by atoms with Crippen LogP contribution in [0, 0.1) is 0 Å². The van der Waals surface area contributed by atoms with Crippen LogP contribution in [0.1, 0.15) is 25.2 Å². The zero-order valence-electron chi connectivity index (χ0n) is 14.5. The molecule has 0 unspecified atom stereocenters. The number of benzene rings is 1. The lowest BCUT2D eigenvalue weighted by atomic mass is 10.2. The van der Waals surface area contributed by atoms with Crippen LogP contribution in [-0.2, 0) is 11.9 Å². The maximum atomic E-state index is 13.1. The van der Waals surface area contributed by atoms with Crippen molar-refractivity contribution in [3.05, 3.63) is 54.1 Å². The van der Waals surface area contributed by atoms with Gasteiger partial charge in [-0.25, -0.2) is 9.97 Å². The van der Waals surface area contributed by atoms with Gasteiger partial charge in [0, 0.05) is 17.6 Å². The fourth-order valence-electron chi connectivity index (χ4n) is 2.25. The average Bonchev–Trinajstić information content (AvgIpc) is 3.02. The summed E-state index contributed by atoms with van der Waals surface area (Å²) in [6, 6.07) is 6.89. The van der Waals surface area contributed by atoms with Gasteiger partial charge in [-0.2, -0.15) is 13.2 Å². The van der Waals surface area contributed by atoms with Crippen LogP contribution >= 0.6 is 23.5 Å². The van der Waals surface area contributed by atoms with Crippen molar-refractivity contribution < 1.29 is 13.2 Å². The Kier molecular flexibility index (Phi) is 6.05. The molecule has 0 saturated heterocycles. The minimum Gasteiger partial charge on any atom is -0.273 e. The SMILES string of the molecule is CC(C)Sc1nnc(CSc2ncccn2)n1-c1cccc(C(F)(F)F)c1. The van der Waals surface area contributed by atoms with E-state index in [0.717, 1.165) is 12.1 Å². The standard InChI is InChI=1S/C17H16F3N5S2/c1-11(2)27-16-24-23-14(10-26-15-21-7-4-8-22-15)25(16)13-6-3-5-12(9-13)17(18,19)20/h3-9,11H,10H2,1-2H3. The summed E-state index contributed by atoms with van der Waals surface area (Å²) in [5.74, 6) is 0.918. The van der Waals surface area contributed by atoms with Crippen molar-refractivity contribution >= 4 is 23.5 Å². The largest absolute Gasteiger partial charge is 0.416 e. The summed E-state index contributed by atoms with van der Waals surface area (Å²) in [7, 11) is 0. The number of aromatic nitrogens is 5. The first-order chi connectivity index (χ1) is 12.8. The second kappa shape index (κ2) is 8.30. The fourth-order valence-corrected chi connectivity index (χ4v) is 3.79. The molecular formula is C17H16F3N5S2. The van der Waals surface area contributed by atoms with E-state index in [4.69, 9.17) is 0 Å². The van der Waals surface area contributed by atoms with Crippen LogP contribution in [0.15, 0.2) is 53.0 Å². The maximum absolute atomic E-state index is 13.1. The first-order valence-corrected chi connectivity index (χ1v) is 9.89. The maximum Gasteiger partial charge on any atom is 0.416 e. The molecule has 142 valence electrons. The Morgan fingerprint density at radius 3 is 2.48 bits per heavy atom. The van der Waals surface area contributed by atoms with Crippen molar-refractivity contribution in [3.63, 3.8) is 0 Å². The molecule has 3 rings (SSSR count). The molecule has 0 spiro atoms. The predicted octanol–water partition coefficient (Wildman–Crippen LogP) is 4.87. The van der Waals surface area contributed by atoms with E-state index in [1.165, 1.54) is 29.6 Å². The summed E-state index contributed by atoms with van der Waals surface area (Å²) in [6.45, 7) is 3.98. The van der Waals surface area contributed by atoms with E-state index >= 15 is 0 Å². The molecule has 3 aromatic rings. The smallest absolute Gasteiger partial charge is 0.273 e. The second-order valence-electron chi connectivity index (χ2n) is 5.77. The van der Waals surface area contributed by atoms with Gasteiger partial charge in [0.25, 0.3) is 0 Å². The van der Waals surface area contributed by atoms with Gasteiger partial charge >= 0.3 is 6.18 Å². The van der Waals surface area contributed by atoms with Gasteiger partial charge in [-0.3, -0.25) is 4.57 Å². The number of hydrogen-bond acceptors (Lipinski definition) is 6. The normalized spacial score (nSPS) is 11.9. The van der Waals surface area contributed by atoms with Crippen LogP contribution in [-0.4, -0.2) is 30.0 Å². The van der Waals surface area contributed by atoms with Gasteiger partial charge in [0.15, 0.2) is 10.3 Å². The molecule has 0 aliphatic heterocycles. The average molecular weight is 411 g/mol. The third-order valence-corrected chi connectivity index (χ3v) is 5.16. The van der Waals surface area contributed by atoms with Crippen molar-refractivity contribution in [3.8, 4) is 5.69 Å². The van der Waals surface area contributed by atoms with E-state index in [1.807, 2.05) is 13.8 Å². The van der Waals surface area contributed by atoms with Gasteiger partial charge in [-0.15, -0.1) is 10.2 Å². The van der Waals surface area contributed by atoms with Crippen LogP contribution in [0.5, 0.6) is 0 Å². The molecule has 10 heteroatoms. The summed E-state index contributed by atoms with van der Waals surface area (Å²) in [5, 5.41) is 9.68. The summed E-state index contributed by atoms with van der Waals surface area (Å²) in [6.07, 6.45) is -1.15. The molecule has 0 saturated carbocycles. The molecule has 0 atom stereocenters. The van der Waals surface area contributed by atoms with Gasteiger partial charge < -0.3 is 0 Å². The first-order valence-electron chi connectivity index (χ1n) is 8.03. The third-order valence-electron chi connectivity index (χ3n) is 3.35. The van der Waals surface area contributed by atoms with Crippen LogP contribution in [0.2, 0.25) is 0 Å². The van der Waals surface area contributed by atoms with Crippen molar-refractivity contribution in [2.24, 2.45) is 0 Å². The number of rotatable bonds is 6. The summed E-state index contributed by atoms with van der Waals surface area (Å²) < 4.78 is 41.0. The molecule has 0 fully saturated rings. The Morgan fingerprint density at radius 1 is 1.07 bits per heavy atom. The number of halogens is 3. The Bertz CT molecular complexity index is 897. The molecule has 0 aliphatic rings. The van der Waals surface area contributed by atoms with Crippen LogP contribution in [0.3, 0.4) is 0 Å². The Morgan fingerprint density at radius 2 is 1.81 bits per heavy atom. The summed E-state index contributed by atoms with van der Waals surface area (Å²) >= 11 is 2.79. The van der Waals surface area contributed by atoms with Crippen molar-refractivity contribution in [1.29, 1.82) is 0 Å². The van der Waals surface area contributed by atoms with E-state index in [0.29, 0.717) is 27.6 Å². The van der Waals surface area contributed by atoms with Crippen molar-refractivity contribution in [1.82, 2.24) is 24.7 Å². The Hall–Kier alpha value is -2.07. The molecule has 0 amide bonds. The number of thioether (sulfide) groups is 2. The highest BCUT2D eigenvalue weighted by molar-refractivity contribution is 7.99. The van der Waals surface area contributed by atoms with Gasteiger partial charge in [0.05, 0.1) is 17.0 Å². The van der Waals surface area contributed by atoms with Gasteiger partial charge in [0.2, 0.25) is 0 Å². The lowest BCUT2D eigenvalue weighted by Crippen LogP contribution is -2.08. The minimum atomic E-state index is -4.41. The molecule has 0 aliphatic carbocycles. The molecule has 2 aromatic heterocycles. The van der Waals surface area contributed by atoms with Crippen LogP contribution < -0.4 is 0 Å². The van der Waals surface area contributed by atoms with Crippen LogP contribution in [0.25, 0.3) is 5.69 Å².